The van der Waals surface area contributed by atoms with E-state index in [-0.39, 0.29) is 22.8 Å². The molecule has 1 saturated carbocycles. The summed E-state index contributed by atoms with van der Waals surface area (Å²) in [6.07, 6.45) is 4.54. The minimum atomic E-state index is -1.17. The molecule has 0 bridgehead atoms. The van der Waals surface area contributed by atoms with Crippen LogP contribution in [-0.2, 0) is 5.41 Å². The van der Waals surface area contributed by atoms with Crippen molar-refractivity contribution in [3.8, 4) is 0 Å². The number of amides is 1. The molecule has 1 aliphatic heterocycles. The van der Waals surface area contributed by atoms with Gasteiger partial charge in [0.05, 0.1) is 0 Å². The number of carboxylic acid groups (broad SMARTS) is 1. The van der Waals surface area contributed by atoms with Crippen molar-refractivity contribution in [3.05, 3.63) is 53.5 Å². The normalized spacial score (nSPS) is 18.3. The highest BCUT2D eigenvalue weighted by molar-refractivity contribution is 6.06. The van der Waals surface area contributed by atoms with E-state index in [1.165, 1.54) is 30.5 Å². The SMILES string of the molecule is O=C(O)c1ccc(C(=O)N2CC3(CCCC3)c3ccccc32)o1. The first-order chi connectivity index (χ1) is 11.1. The van der Waals surface area contributed by atoms with E-state index in [2.05, 4.69) is 6.07 Å². The fourth-order valence-electron chi connectivity index (χ4n) is 3.99. The molecule has 0 atom stereocenters. The Balaban J connectivity index is 1.72. The second-order valence-electron chi connectivity index (χ2n) is 6.36. The fraction of sp³-hybridized carbons (Fsp3) is 0.333. The van der Waals surface area contributed by atoms with E-state index in [4.69, 9.17) is 9.52 Å². The molecular weight excluding hydrogens is 294 g/mol. The third-order valence-corrected chi connectivity index (χ3v) is 5.06. The van der Waals surface area contributed by atoms with E-state index in [0.717, 1.165) is 18.5 Å². The molecule has 1 N–H and O–H groups in total. The summed E-state index contributed by atoms with van der Waals surface area (Å²) in [5, 5.41) is 8.95. The van der Waals surface area contributed by atoms with Crippen LogP contribution >= 0.6 is 0 Å². The summed E-state index contributed by atoms with van der Waals surface area (Å²) in [5.41, 5.74) is 2.21. The zero-order valence-corrected chi connectivity index (χ0v) is 12.6. The van der Waals surface area contributed by atoms with Crippen LogP contribution in [-0.4, -0.2) is 23.5 Å². The molecule has 1 aromatic heterocycles. The lowest BCUT2D eigenvalue weighted by atomic mass is 9.81. The maximum Gasteiger partial charge on any atom is 0.371 e. The minimum Gasteiger partial charge on any atom is -0.475 e. The molecule has 1 fully saturated rings. The van der Waals surface area contributed by atoms with E-state index in [1.807, 2.05) is 18.2 Å². The van der Waals surface area contributed by atoms with Gasteiger partial charge in [-0.05, 0) is 36.6 Å². The summed E-state index contributed by atoms with van der Waals surface area (Å²) in [7, 11) is 0. The number of benzene rings is 1. The molecule has 1 spiro atoms. The number of anilines is 1. The number of carbonyl (C=O) groups is 2. The van der Waals surface area contributed by atoms with Crippen LogP contribution in [0.15, 0.2) is 40.8 Å². The topological polar surface area (TPSA) is 70.8 Å². The molecule has 0 unspecified atom stereocenters. The lowest BCUT2D eigenvalue weighted by Crippen LogP contribution is -2.35. The lowest BCUT2D eigenvalue weighted by Gasteiger charge is -2.24. The highest BCUT2D eigenvalue weighted by Gasteiger charge is 2.46. The molecule has 5 nitrogen and oxygen atoms in total. The first-order valence-electron chi connectivity index (χ1n) is 7.85. The van der Waals surface area contributed by atoms with Crippen LogP contribution in [0, 0.1) is 0 Å². The quantitative estimate of drug-likeness (QED) is 0.922. The third-order valence-electron chi connectivity index (χ3n) is 5.06. The number of carboxylic acids is 1. The van der Waals surface area contributed by atoms with Crippen LogP contribution in [0.4, 0.5) is 5.69 Å². The zero-order valence-electron chi connectivity index (χ0n) is 12.6. The van der Waals surface area contributed by atoms with Crippen molar-refractivity contribution in [3.63, 3.8) is 0 Å². The Hall–Kier alpha value is -2.56. The molecule has 1 amide bonds. The van der Waals surface area contributed by atoms with Crippen molar-refractivity contribution < 1.29 is 19.1 Å². The molecule has 5 heteroatoms. The number of para-hydroxylation sites is 1. The number of rotatable bonds is 2. The van der Waals surface area contributed by atoms with Crippen LogP contribution in [0.2, 0.25) is 0 Å². The Morgan fingerprint density at radius 3 is 2.43 bits per heavy atom. The summed E-state index contributed by atoms with van der Waals surface area (Å²) in [6.45, 7) is 0.647. The van der Waals surface area contributed by atoms with Gasteiger partial charge in [0.15, 0.2) is 5.76 Å². The van der Waals surface area contributed by atoms with Gasteiger partial charge in [0, 0.05) is 17.6 Å². The number of hydrogen-bond donors (Lipinski definition) is 1. The molecule has 0 radical (unpaired) electrons. The molecule has 2 heterocycles. The Kier molecular flexibility index (Phi) is 3.04. The van der Waals surface area contributed by atoms with Gasteiger partial charge >= 0.3 is 5.97 Å². The van der Waals surface area contributed by atoms with Gasteiger partial charge in [0.25, 0.3) is 5.91 Å². The number of carbonyl (C=O) groups excluding carboxylic acids is 1. The molecule has 118 valence electrons. The predicted molar refractivity (Wildman–Crippen MR) is 83.9 cm³/mol. The van der Waals surface area contributed by atoms with Gasteiger partial charge in [0.1, 0.15) is 0 Å². The van der Waals surface area contributed by atoms with Gasteiger partial charge in [-0.1, -0.05) is 31.0 Å². The monoisotopic (exact) mass is 311 g/mol. The van der Waals surface area contributed by atoms with E-state index < -0.39 is 5.97 Å². The molecule has 2 aliphatic rings. The van der Waals surface area contributed by atoms with E-state index >= 15 is 0 Å². The molecule has 1 aliphatic carbocycles. The minimum absolute atomic E-state index is 0.0501. The van der Waals surface area contributed by atoms with Crippen molar-refractivity contribution in [1.29, 1.82) is 0 Å². The van der Waals surface area contributed by atoms with Crippen molar-refractivity contribution in [2.24, 2.45) is 0 Å². The van der Waals surface area contributed by atoms with Gasteiger partial charge < -0.3 is 14.4 Å². The summed E-state index contributed by atoms with van der Waals surface area (Å²) in [5.74, 6) is -1.57. The van der Waals surface area contributed by atoms with E-state index in [1.54, 1.807) is 4.90 Å². The smallest absolute Gasteiger partial charge is 0.371 e. The average Bonchev–Trinajstić information content (AvgIpc) is 3.28. The lowest BCUT2D eigenvalue weighted by molar-refractivity contribution is 0.0660. The predicted octanol–water partition coefficient (Wildman–Crippen LogP) is 3.45. The molecule has 1 aromatic carbocycles. The van der Waals surface area contributed by atoms with Gasteiger partial charge in [-0.2, -0.15) is 0 Å². The second kappa shape index (κ2) is 4.98. The first kappa shape index (κ1) is 14.1. The van der Waals surface area contributed by atoms with Crippen LogP contribution in [0.3, 0.4) is 0 Å². The maximum absolute atomic E-state index is 12.8. The highest BCUT2D eigenvalue weighted by atomic mass is 16.4. The van der Waals surface area contributed by atoms with Crippen molar-refractivity contribution >= 4 is 17.6 Å². The van der Waals surface area contributed by atoms with Gasteiger partial charge in [-0.15, -0.1) is 0 Å². The largest absolute Gasteiger partial charge is 0.475 e. The van der Waals surface area contributed by atoms with Crippen LogP contribution in [0.25, 0.3) is 0 Å². The van der Waals surface area contributed by atoms with Gasteiger partial charge in [-0.25, -0.2) is 4.79 Å². The number of aromatic carboxylic acids is 1. The Morgan fingerprint density at radius 1 is 1.04 bits per heavy atom. The Morgan fingerprint density at radius 2 is 1.74 bits per heavy atom. The summed E-state index contributed by atoms with van der Waals surface area (Å²) >= 11 is 0. The zero-order chi connectivity index (χ0) is 16.0. The summed E-state index contributed by atoms with van der Waals surface area (Å²) in [4.78, 5) is 25.5. The number of fused-ring (bicyclic) bond motifs is 2. The highest BCUT2D eigenvalue weighted by Crippen LogP contribution is 2.50. The van der Waals surface area contributed by atoms with Crippen molar-refractivity contribution in [2.75, 3.05) is 11.4 Å². The number of nitrogens with zero attached hydrogens (tertiary/aromatic N) is 1. The summed E-state index contributed by atoms with van der Waals surface area (Å²) in [6, 6.07) is 10.8. The van der Waals surface area contributed by atoms with Gasteiger partial charge in [0.2, 0.25) is 5.76 Å². The van der Waals surface area contributed by atoms with Gasteiger partial charge in [-0.3, -0.25) is 4.79 Å². The van der Waals surface area contributed by atoms with Crippen molar-refractivity contribution in [1.82, 2.24) is 0 Å². The number of hydrogen-bond acceptors (Lipinski definition) is 3. The molecule has 0 saturated heterocycles. The van der Waals surface area contributed by atoms with E-state index in [0.29, 0.717) is 6.54 Å². The van der Waals surface area contributed by atoms with E-state index in [9.17, 15) is 9.59 Å². The average molecular weight is 311 g/mol. The molecular formula is C18H17NO4. The third kappa shape index (κ3) is 2.07. The van der Waals surface area contributed by atoms with Crippen molar-refractivity contribution in [2.45, 2.75) is 31.1 Å². The molecule has 2 aromatic rings. The Bertz CT molecular complexity index is 786. The molecule has 23 heavy (non-hydrogen) atoms. The fourth-order valence-corrected chi connectivity index (χ4v) is 3.99. The maximum atomic E-state index is 12.8. The number of furan rings is 1. The Labute approximate surface area is 133 Å². The van der Waals surface area contributed by atoms with Crippen LogP contribution < -0.4 is 4.90 Å². The summed E-state index contributed by atoms with van der Waals surface area (Å²) < 4.78 is 5.19. The van der Waals surface area contributed by atoms with Crippen LogP contribution in [0.1, 0.15) is 52.4 Å². The van der Waals surface area contributed by atoms with Crippen LogP contribution in [0.5, 0.6) is 0 Å². The second-order valence-corrected chi connectivity index (χ2v) is 6.36. The molecule has 4 rings (SSSR count). The first-order valence-corrected chi connectivity index (χ1v) is 7.85. The standard InChI is InChI=1S/C18H17NO4/c20-16(14-7-8-15(23-14)17(21)22)19-11-18(9-3-4-10-18)12-5-1-2-6-13(12)19/h1-2,5-8H,3-4,9-11H2,(H,21,22).